The van der Waals surface area contributed by atoms with Crippen LogP contribution < -0.4 is 15.5 Å². The Morgan fingerprint density at radius 3 is 2.37 bits per heavy atom. The van der Waals surface area contributed by atoms with E-state index in [0.717, 1.165) is 51.9 Å². The summed E-state index contributed by atoms with van der Waals surface area (Å²) in [5.41, 5.74) is 5.07. The van der Waals surface area contributed by atoms with Gasteiger partial charge in [-0.15, -0.1) is 0 Å². The molecule has 0 radical (unpaired) electrons. The van der Waals surface area contributed by atoms with E-state index in [4.69, 9.17) is 9.73 Å². The second-order valence-electron chi connectivity index (χ2n) is 7.77. The largest absolute Gasteiger partial charge is 0.379 e. The van der Waals surface area contributed by atoms with Gasteiger partial charge in [0.2, 0.25) is 0 Å². The van der Waals surface area contributed by atoms with Crippen LogP contribution in [0.25, 0.3) is 0 Å². The van der Waals surface area contributed by atoms with Crippen LogP contribution in [0.4, 0.5) is 5.69 Å². The maximum Gasteiger partial charge on any atom is 0.191 e. The summed E-state index contributed by atoms with van der Waals surface area (Å²) in [4.78, 5) is 9.33. The topological polar surface area (TPSA) is 52.1 Å². The van der Waals surface area contributed by atoms with E-state index < -0.39 is 0 Å². The molecule has 0 saturated carbocycles. The van der Waals surface area contributed by atoms with Gasteiger partial charge in [-0.2, -0.15) is 0 Å². The molecule has 0 unspecified atom stereocenters. The van der Waals surface area contributed by atoms with E-state index in [9.17, 15) is 0 Å². The second kappa shape index (κ2) is 11.6. The zero-order valence-corrected chi connectivity index (χ0v) is 18.5. The van der Waals surface area contributed by atoms with Crippen molar-refractivity contribution in [1.29, 1.82) is 0 Å². The minimum Gasteiger partial charge on any atom is -0.379 e. The van der Waals surface area contributed by atoms with Gasteiger partial charge < -0.3 is 20.3 Å². The summed E-state index contributed by atoms with van der Waals surface area (Å²) in [7, 11) is 4.11. The van der Waals surface area contributed by atoms with Gasteiger partial charge in [0, 0.05) is 52.5 Å². The number of hydrogen-bond donors (Lipinski definition) is 2. The van der Waals surface area contributed by atoms with Crippen molar-refractivity contribution in [3.05, 3.63) is 65.2 Å². The molecule has 0 spiro atoms. The highest BCUT2D eigenvalue weighted by Gasteiger charge is 2.12. The van der Waals surface area contributed by atoms with Crippen molar-refractivity contribution in [2.45, 2.75) is 26.6 Å². The molecule has 0 aromatic heterocycles. The number of benzene rings is 2. The van der Waals surface area contributed by atoms with Gasteiger partial charge in [-0.25, -0.2) is 4.99 Å². The van der Waals surface area contributed by atoms with Crippen molar-refractivity contribution in [1.82, 2.24) is 15.5 Å². The van der Waals surface area contributed by atoms with Crippen molar-refractivity contribution in [2.75, 3.05) is 51.8 Å². The van der Waals surface area contributed by atoms with Crippen LogP contribution in [0.3, 0.4) is 0 Å². The van der Waals surface area contributed by atoms with E-state index in [-0.39, 0.29) is 0 Å². The number of nitrogens with one attached hydrogen (secondary N) is 2. The molecule has 2 aromatic carbocycles. The predicted octanol–water partition coefficient (Wildman–Crippen LogP) is 2.84. The molecule has 0 amide bonds. The highest BCUT2D eigenvalue weighted by Crippen LogP contribution is 2.14. The summed E-state index contributed by atoms with van der Waals surface area (Å²) >= 11 is 0. The lowest BCUT2D eigenvalue weighted by molar-refractivity contribution is 0.0341. The number of rotatable bonds is 8. The molecule has 1 aliphatic heterocycles. The first-order valence-corrected chi connectivity index (χ1v) is 10.8. The first kappa shape index (κ1) is 22.1. The summed E-state index contributed by atoms with van der Waals surface area (Å²) < 4.78 is 5.47. The van der Waals surface area contributed by atoms with E-state index in [1.165, 1.54) is 22.4 Å². The van der Waals surface area contributed by atoms with Crippen LogP contribution in [0, 0.1) is 0 Å². The lowest BCUT2D eigenvalue weighted by Crippen LogP contribution is -2.38. The first-order valence-electron chi connectivity index (χ1n) is 10.8. The molecule has 0 aliphatic carbocycles. The minimum atomic E-state index is 0.651. The van der Waals surface area contributed by atoms with Crippen molar-refractivity contribution < 1.29 is 4.74 Å². The molecule has 1 saturated heterocycles. The normalized spacial score (nSPS) is 15.1. The number of guanidine groups is 1. The van der Waals surface area contributed by atoms with Crippen LogP contribution >= 0.6 is 0 Å². The maximum atomic E-state index is 5.47. The molecule has 6 heteroatoms. The molecule has 2 N–H and O–H groups in total. The molecule has 162 valence electrons. The fourth-order valence-corrected chi connectivity index (χ4v) is 3.47. The van der Waals surface area contributed by atoms with E-state index >= 15 is 0 Å². The summed E-state index contributed by atoms with van der Waals surface area (Å²) in [5, 5.41) is 6.86. The van der Waals surface area contributed by atoms with Crippen LogP contribution in [0.15, 0.2) is 53.5 Å². The van der Waals surface area contributed by atoms with Crippen molar-refractivity contribution in [3.8, 4) is 0 Å². The van der Waals surface area contributed by atoms with E-state index in [2.05, 4.69) is 90.0 Å². The van der Waals surface area contributed by atoms with Gasteiger partial charge in [0.05, 0.1) is 19.8 Å². The van der Waals surface area contributed by atoms with Gasteiger partial charge >= 0.3 is 0 Å². The van der Waals surface area contributed by atoms with Crippen LogP contribution in [0.2, 0.25) is 0 Å². The molecule has 2 aromatic rings. The lowest BCUT2D eigenvalue weighted by Gasteiger charge is -2.27. The zero-order valence-electron chi connectivity index (χ0n) is 18.5. The van der Waals surface area contributed by atoms with Gasteiger partial charge in [-0.1, -0.05) is 36.4 Å². The fraction of sp³-hybridized carbons (Fsp3) is 0.458. The van der Waals surface area contributed by atoms with Gasteiger partial charge in [-0.05, 0) is 35.7 Å². The van der Waals surface area contributed by atoms with Gasteiger partial charge in [0.15, 0.2) is 5.96 Å². The number of aliphatic imine (C=N–C) groups is 1. The standard InChI is InChI=1S/C24H35N5O/c1-4-25-24(26-17-20-9-11-23(12-10-20)28(2)3)27-18-21-7-5-6-8-22(21)19-29-13-15-30-16-14-29/h5-12H,4,13-19H2,1-3H3,(H2,25,26,27). The third-order valence-electron chi connectivity index (χ3n) is 5.28. The molecule has 1 fully saturated rings. The van der Waals surface area contributed by atoms with E-state index in [0.29, 0.717) is 6.54 Å². The molecular weight excluding hydrogens is 374 g/mol. The Bertz CT molecular complexity index is 797. The highest BCUT2D eigenvalue weighted by molar-refractivity contribution is 5.79. The van der Waals surface area contributed by atoms with Gasteiger partial charge in [0.25, 0.3) is 0 Å². The van der Waals surface area contributed by atoms with Crippen molar-refractivity contribution in [3.63, 3.8) is 0 Å². The molecule has 30 heavy (non-hydrogen) atoms. The smallest absolute Gasteiger partial charge is 0.191 e. The lowest BCUT2D eigenvalue weighted by atomic mass is 10.1. The van der Waals surface area contributed by atoms with Crippen LogP contribution in [-0.4, -0.2) is 57.8 Å². The Morgan fingerprint density at radius 2 is 1.70 bits per heavy atom. The summed E-state index contributed by atoms with van der Waals surface area (Å²) in [5.74, 6) is 0.843. The summed E-state index contributed by atoms with van der Waals surface area (Å²) in [6.45, 7) is 8.95. The Morgan fingerprint density at radius 1 is 1.00 bits per heavy atom. The fourth-order valence-electron chi connectivity index (χ4n) is 3.47. The molecule has 0 bridgehead atoms. The summed E-state index contributed by atoms with van der Waals surface area (Å²) in [6.07, 6.45) is 0. The monoisotopic (exact) mass is 409 g/mol. The number of morpholine rings is 1. The minimum absolute atomic E-state index is 0.651. The molecule has 6 nitrogen and oxygen atoms in total. The highest BCUT2D eigenvalue weighted by atomic mass is 16.5. The number of anilines is 1. The van der Waals surface area contributed by atoms with Crippen LogP contribution in [-0.2, 0) is 24.4 Å². The van der Waals surface area contributed by atoms with Crippen molar-refractivity contribution >= 4 is 11.6 Å². The van der Waals surface area contributed by atoms with Gasteiger partial charge in [-0.3, -0.25) is 4.90 Å². The van der Waals surface area contributed by atoms with Crippen LogP contribution in [0.1, 0.15) is 23.6 Å². The van der Waals surface area contributed by atoms with Crippen molar-refractivity contribution in [2.24, 2.45) is 4.99 Å². The van der Waals surface area contributed by atoms with Gasteiger partial charge in [0.1, 0.15) is 0 Å². The zero-order chi connectivity index (χ0) is 21.2. The number of ether oxygens (including phenoxy) is 1. The molecule has 1 heterocycles. The average Bonchev–Trinajstić information content (AvgIpc) is 2.77. The van der Waals surface area contributed by atoms with E-state index in [1.807, 2.05) is 0 Å². The van der Waals surface area contributed by atoms with E-state index in [1.54, 1.807) is 0 Å². The predicted molar refractivity (Wildman–Crippen MR) is 125 cm³/mol. The summed E-state index contributed by atoms with van der Waals surface area (Å²) in [6, 6.07) is 17.2. The average molecular weight is 410 g/mol. The van der Waals surface area contributed by atoms with Crippen LogP contribution in [0.5, 0.6) is 0 Å². The third kappa shape index (κ3) is 6.75. The SMILES string of the molecule is CCNC(=NCc1ccc(N(C)C)cc1)NCc1ccccc1CN1CCOCC1. The Hall–Kier alpha value is -2.57. The first-order chi connectivity index (χ1) is 14.7. The Kier molecular flexibility index (Phi) is 8.53. The Labute approximate surface area is 180 Å². The quantitative estimate of drug-likeness (QED) is 0.519. The molecule has 0 atom stereocenters. The molecule has 1 aliphatic rings. The molecule has 3 rings (SSSR count). The second-order valence-corrected chi connectivity index (χ2v) is 7.77. The number of nitrogens with zero attached hydrogens (tertiary/aromatic N) is 3. The molecular formula is C24H35N5O. The third-order valence-corrected chi connectivity index (χ3v) is 5.28. The Balaban J connectivity index is 1.60. The number of hydrogen-bond acceptors (Lipinski definition) is 4. The maximum absolute atomic E-state index is 5.47.